The van der Waals surface area contributed by atoms with E-state index in [4.69, 9.17) is 11.6 Å². The molecule has 7 heteroatoms. The molecule has 2 aromatic heterocycles. The largest absolute Gasteiger partial charge is 0.360 e. The van der Waals surface area contributed by atoms with E-state index in [1.165, 1.54) is 12.4 Å². The SMILES string of the molecule is CCNC[C@@H](Nc1ncnc2cccnc12)c1ccc(F)c(Cl)c1. The van der Waals surface area contributed by atoms with Crippen molar-refractivity contribution in [3.8, 4) is 0 Å². The maximum atomic E-state index is 13.5. The molecule has 1 atom stereocenters. The van der Waals surface area contributed by atoms with Crippen LogP contribution in [0.15, 0.2) is 42.9 Å². The molecular formula is C17H17ClFN5. The van der Waals surface area contributed by atoms with Crippen LogP contribution in [-0.2, 0) is 0 Å². The fourth-order valence-corrected chi connectivity index (χ4v) is 2.62. The first-order valence-electron chi connectivity index (χ1n) is 7.67. The first-order chi connectivity index (χ1) is 11.7. The number of rotatable bonds is 6. The van der Waals surface area contributed by atoms with Gasteiger partial charge in [0.1, 0.15) is 17.7 Å². The minimum absolute atomic E-state index is 0.0986. The van der Waals surface area contributed by atoms with Gasteiger partial charge in [-0.2, -0.15) is 0 Å². The summed E-state index contributed by atoms with van der Waals surface area (Å²) in [6.45, 7) is 3.48. The van der Waals surface area contributed by atoms with Gasteiger partial charge in [-0.3, -0.25) is 4.98 Å². The molecule has 0 saturated carbocycles. The molecule has 0 spiro atoms. The molecule has 0 bridgehead atoms. The molecule has 124 valence electrons. The van der Waals surface area contributed by atoms with Crippen LogP contribution in [-0.4, -0.2) is 28.0 Å². The molecule has 0 radical (unpaired) electrons. The summed E-state index contributed by atoms with van der Waals surface area (Å²) in [5.41, 5.74) is 2.31. The van der Waals surface area contributed by atoms with Crippen LogP contribution in [0.25, 0.3) is 11.0 Å². The third-order valence-corrected chi connectivity index (χ3v) is 3.94. The Kier molecular flexibility index (Phi) is 5.17. The molecule has 2 N–H and O–H groups in total. The highest BCUT2D eigenvalue weighted by Gasteiger charge is 2.15. The third-order valence-electron chi connectivity index (χ3n) is 3.65. The highest BCUT2D eigenvalue weighted by atomic mass is 35.5. The van der Waals surface area contributed by atoms with Crippen molar-refractivity contribution >= 4 is 28.5 Å². The summed E-state index contributed by atoms with van der Waals surface area (Å²) in [5.74, 6) is 0.195. The number of pyridine rings is 1. The summed E-state index contributed by atoms with van der Waals surface area (Å²) >= 11 is 5.93. The number of likely N-dealkylation sites (N-methyl/N-ethyl adjacent to an activating group) is 1. The van der Waals surface area contributed by atoms with Gasteiger partial charge in [-0.25, -0.2) is 14.4 Å². The lowest BCUT2D eigenvalue weighted by Crippen LogP contribution is -2.26. The number of benzene rings is 1. The number of anilines is 1. The van der Waals surface area contributed by atoms with Gasteiger partial charge >= 0.3 is 0 Å². The molecule has 0 unspecified atom stereocenters. The van der Waals surface area contributed by atoms with E-state index in [1.807, 2.05) is 19.1 Å². The van der Waals surface area contributed by atoms with Gasteiger partial charge in [0.15, 0.2) is 5.82 Å². The average Bonchev–Trinajstić information content (AvgIpc) is 2.61. The number of nitrogens with one attached hydrogen (secondary N) is 2. The highest BCUT2D eigenvalue weighted by molar-refractivity contribution is 6.30. The molecule has 0 aliphatic carbocycles. The van der Waals surface area contributed by atoms with E-state index < -0.39 is 5.82 Å². The van der Waals surface area contributed by atoms with Crippen molar-refractivity contribution < 1.29 is 4.39 Å². The lowest BCUT2D eigenvalue weighted by atomic mass is 10.1. The maximum Gasteiger partial charge on any atom is 0.156 e. The van der Waals surface area contributed by atoms with Crippen molar-refractivity contribution in [2.45, 2.75) is 13.0 Å². The van der Waals surface area contributed by atoms with E-state index in [1.54, 1.807) is 18.3 Å². The number of nitrogens with zero attached hydrogens (tertiary/aromatic N) is 3. The number of fused-ring (bicyclic) bond motifs is 1. The van der Waals surface area contributed by atoms with Crippen molar-refractivity contribution in [1.29, 1.82) is 0 Å². The highest BCUT2D eigenvalue weighted by Crippen LogP contribution is 2.25. The molecule has 1 aromatic carbocycles. The Hall–Kier alpha value is -2.31. The van der Waals surface area contributed by atoms with Crippen molar-refractivity contribution in [1.82, 2.24) is 20.3 Å². The molecule has 24 heavy (non-hydrogen) atoms. The summed E-state index contributed by atoms with van der Waals surface area (Å²) in [7, 11) is 0. The van der Waals surface area contributed by atoms with E-state index in [0.717, 1.165) is 17.6 Å². The second-order valence-electron chi connectivity index (χ2n) is 5.27. The molecule has 0 saturated heterocycles. The minimum Gasteiger partial charge on any atom is -0.360 e. The normalized spacial score (nSPS) is 12.3. The average molecular weight is 346 g/mol. The molecule has 3 aromatic rings. The number of hydrogen-bond donors (Lipinski definition) is 2. The Balaban J connectivity index is 1.95. The van der Waals surface area contributed by atoms with Crippen molar-refractivity contribution in [2.24, 2.45) is 0 Å². The van der Waals surface area contributed by atoms with Gasteiger partial charge in [0.25, 0.3) is 0 Å². The van der Waals surface area contributed by atoms with E-state index in [2.05, 4.69) is 25.6 Å². The summed E-state index contributed by atoms with van der Waals surface area (Å²) in [6.07, 6.45) is 3.19. The van der Waals surface area contributed by atoms with Crippen LogP contribution in [0.1, 0.15) is 18.5 Å². The number of halogens is 2. The Morgan fingerprint density at radius 3 is 2.88 bits per heavy atom. The van der Waals surface area contributed by atoms with Gasteiger partial charge in [-0.05, 0) is 36.4 Å². The van der Waals surface area contributed by atoms with Gasteiger partial charge < -0.3 is 10.6 Å². The van der Waals surface area contributed by atoms with Crippen LogP contribution in [0.2, 0.25) is 5.02 Å². The van der Waals surface area contributed by atoms with Gasteiger partial charge in [0.05, 0.1) is 16.6 Å². The first-order valence-corrected chi connectivity index (χ1v) is 8.04. The Bertz CT molecular complexity index is 837. The summed E-state index contributed by atoms with van der Waals surface area (Å²) in [6, 6.07) is 8.28. The van der Waals surface area contributed by atoms with Crippen LogP contribution in [0.5, 0.6) is 0 Å². The van der Waals surface area contributed by atoms with Crippen LogP contribution in [0.3, 0.4) is 0 Å². The van der Waals surface area contributed by atoms with E-state index in [0.29, 0.717) is 17.9 Å². The maximum absolute atomic E-state index is 13.5. The van der Waals surface area contributed by atoms with Gasteiger partial charge in [-0.15, -0.1) is 0 Å². The molecule has 0 fully saturated rings. The zero-order valence-electron chi connectivity index (χ0n) is 13.1. The Morgan fingerprint density at radius 2 is 2.08 bits per heavy atom. The summed E-state index contributed by atoms with van der Waals surface area (Å²) in [4.78, 5) is 12.9. The molecule has 0 amide bonds. The van der Waals surface area contributed by atoms with Crippen molar-refractivity contribution in [2.75, 3.05) is 18.4 Å². The second-order valence-corrected chi connectivity index (χ2v) is 5.68. The topological polar surface area (TPSA) is 62.7 Å². The quantitative estimate of drug-likeness (QED) is 0.715. The molecule has 5 nitrogen and oxygen atoms in total. The molecule has 0 aliphatic heterocycles. The second kappa shape index (κ2) is 7.51. The first kappa shape index (κ1) is 16.5. The van der Waals surface area contributed by atoms with Gasteiger partial charge in [-0.1, -0.05) is 24.6 Å². The lowest BCUT2D eigenvalue weighted by molar-refractivity contribution is 0.620. The van der Waals surface area contributed by atoms with Crippen LogP contribution < -0.4 is 10.6 Å². The molecule has 2 heterocycles. The van der Waals surface area contributed by atoms with Crippen molar-refractivity contribution in [3.05, 3.63) is 59.3 Å². The van der Waals surface area contributed by atoms with Crippen LogP contribution in [0.4, 0.5) is 10.2 Å². The standard InChI is InChI=1S/C17H17ClFN5/c1-2-20-9-15(11-5-6-13(19)12(18)8-11)24-17-16-14(22-10-23-17)4-3-7-21-16/h3-8,10,15,20H,2,9H2,1H3,(H,22,23,24)/t15-/m1/s1. The van der Waals surface area contributed by atoms with Crippen molar-refractivity contribution in [3.63, 3.8) is 0 Å². The Labute approximate surface area is 144 Å². The van der Waals surface area contributed by atoms with Crippen LogP contribution >= 0.6 is 11.6 Å². The third kappa shape index (κ3) is 3.60. The fraction of sp³-hybridized carbons (Fsp3) is 0.235. The predicted octanol–water partition coefficient (Wildman–Crippen LogP) is 3.58. The predicted molar refractivity (Wildman–Crippen MR) is 93.7 cm³/mol. The smallest absolute Gasteiger partial charge is 0.156 e. The van der Waals surface area contributed by atoms with Gasteiger partial charge in [0.2, 0.25) is 0 Å². The molecular weight excluding hydrogens is 329 g/mol. The van der Waals surface area contributed by atoms with Crippen LogP contribution in [0, 0.1) is 5.82 Å². The summed E-state index contributed by atoms with van der Waals surface area (Å²) in [5, 5.41) is 6.75. The number of hydrogen-bond acceptors (Lipinski definition) is 5. The van der Waals surface area contributed by atoms with E-state index in [9.17, 15) is 4.39 Å². The zero-order chi connectivity index (χ0) is 16.9. The lowest BCUT2D eigenvalue weighted by Gasteiger charge is -2.21. The van der Waals surface area contributed by atoms with Gasteiger partial charge in [0, 0.05) is 12.7 Å². The van der Waals surface area contributed by atoms with E-state index >= 15 is 0 Å². The summed E-state index contributed by atoms with van der Waals surface area (Å²) < 4.78 is 13.5. The minimum atomic E-state index is -0.434. The molecule has 3 rings (SSSR count). The number of aromatic nitrogens is 3. The molecule has 0 aliphatic rings. The fourth-order valence-electron chi connectivity index (χ4n) is 2.43. The van der Waals surface area contributed by atoms with E-state index in [-0.39, 0.29) is 11.1 Å². The monoisotopic (exact) mass is 345 g/mol. The Morgan fingerprint density at radius 1 is 1.21 bits per heavy atom. The zero-order valence-corrected chi connectivity index (χ0v) is 13.9.